The molecule has 0 aromatic heterocycles. The number of carbonyl (C=O) groups excluding carboxylic acids is 2. The van der Waals surface area contributed by atoms with Crippen molar-refractivity contribution in [2.75, 3.05) is 39.3 Å². The summed E-state index contributed by atoms with van der Waals surface area (Å²) >= 11 is 0. The number of nitriles is 1. The summed E-state index contributed by atoms with van der Waals surface area (Å²) in [5, 5.41) is 15.6. The van der Waals surface area contributed by atoms with Crippen molar-refractivity contribution in [2.45, 2.75) is 233 Å². The number of nitrogens with one attached hydrogen (secondary N) is 2. The molecule has 0 bridgehead atoms. The predicted octanol–water partition coefficient (Wildman–Crippen LogP) is 12.5. The molecule has 0 unspecified atom stereocenters. The van der Waals surface area contributed by atoms with Crippen molar-refractivity contribution in [1.82, 2.24) is 10.6 Å². The fourth-order valence-corrected chi connectivity index (χ4v) is 7.45. The lowest BCUT2D eigenvalue weighted by Crippen LogP contribution is -2.55. The first-order valence-corrected chi connectivity index (χ1v) is 22.8. The van der Waals surface area contributed by atoms with Gasteiger partial charge in [0.05, 0.1) is 51.8 Å². The van der Waals surface area contributed by atoms with Crippen LogP contribution in [0.4, 0.5) is 0 Å². The van der Waals surface area contributed by atoms with Crippen molar-refractivity contribution in [1.29, 1.82) is 5.26 Å². The fourth-order valence-electron chi connectivity index (χ4n) is 7.45. The lowest BCUT2D eigenvalue weighted by molar-refractivity contribution is -0.923. The monoisotopic (exact) mass is 718 g/mol. The average Bonchev–Trinajstić information content (AvgIpc) is 3.13. The van der Waals surface area contributed by atoms with Crippen molar-refractivity contribution in [3.05, 3.63) is 0 Å². The van der Waals surface area contributed by atoms with Gasteiger partial charge in [-0.15, -0.1) is 0 Å². The number of nitrogens with zero attached hydrogens (tertiary/aromatic N) is 2. The van der Waals surface area contributed by atoms with Gasteiger partial charge in [0, 0.05) is 12.8 Å². The number of rotatable bonds is 41. The second-order valence-electron chi connectivity index (χ2n) is 15.8. The van der Waals surface area contributed by atoms with Gasteiger partial charge in [-0.1, -0.05) is 194 Å². The molecule has 0 aromatic carbocycles. The van der Waals surface area contributed by atoms with E-state index < -0.39 is 0 Å². The van der Waals surface area contributed by atoms with Crippen LogP contribution in [0.15, 0.2) is 0 Å². The van der Waals surface area contributed by atoms with E-state index in [1.54, 1.807) is 0 Å². The Morgan fingerprint density at radius 3 is 0.961 bits per heavy atom. The molecule has 51 heavy (non-hydrogen) atoms. The molecule has 2 N–H and O–H groups in total. The molecule has 2 amide bonds. The first-order chi connectivity index (χ1) is 25.0. The van der Waals surface area contributed by atoms with Crippen LogP contribution < -0.4 is 10.6 Å². The van der Waals surface area contributed by atoms with Crippen LogP contribution in [0.1, 0.15) is 233 Å². The van der Waals surface area contributed by atoms with Gasteiger partial charge in [-0.05, 0) is 19.8 Å². The molecule has 0 aliphatic heterocycles. The topological polar surface area (TPSA) is 82.0 Å². The van der Waals surface area contributed by atoms with Gasteiger partial charge in [-0.3, -0.25) is 9.59 Å². The highest BCUT2D eigenvalue weighted by atomic mass is 16.2. The minimum Gasteiger partial charge on any atom is -0.350 e. The van der Waals surface area contributed by atoms with E-state index >= 15 is 0 Å². The summed E-state index contributed by atoms with van der Waals surface area (Å²) in [6, 6.07) is 2.31. The molecule has 0 aromatic rings. The number of amides is 2. The number of unbranched alkanes of at least 4 members (excludes halogenated alkanes) is 28. The summed E-state index contributed by atoms with van der Waals surface area (Å²) in [4.78, 5) is 25.0. The zero-order chi connectivity index (χ0) is 37.4. The first-order valence-electron chi connectivity index (χ1n) is 22.8. The second kappa shape index (κ2) is 39.6. The zero-order valence-electron chi connectivity index (χ0n) is 34.8. The van der Waals surface area contributed by atoms with Gasteiger partial charge >= 0.3 is 0 Å². The SMILES string of the molecule is CCCCCCCCCCCCCCCCCC(=O)NCC[N+](CC)(CCC#N)CCNC(=O)CCCCCCCCCCCCCCCCC. The average molecular weight is 718 g/mol. The summed E-state index contributed by atoms with van der Waals surface area (Å²) in [5.41, 5.74) is 0. The molecule has 0 aliphatic carbocycles. The molecule has 0 spiro atoms. The van der Waals surface area contributed by atoms with E-state index in [-0.39, 0.29) is 11.8 Å². The van der Waals surface area contributed by atoms with Gasteiger partial charge in [-0.2, -0.15) is 5.26 Å². The minimum atomic E-state index is 0.149. The quantitative estimate of drug-likeness (QED) is 0.0488. The van der Waals surface area contributed by atoms with Gasteiger partial charge in [0.2, 0.25) is 11.8 Å². The number of quaternary nitrogens is 1. The highest BCUT2D eigenvalue weighted by molar-refractivity contribution is 5.76. The zero-order valence-corrected chi connectivity index (χ0v) is 34.8. The maximum Gasteiger partial charge on any atom is 0.220 e. The van der Waals surface area contributed by atoms with Gasteiger partial charge in [-0.25, -0.2) is 0 Å². The molecule has 0 fully saturated rings. The lowest BCUT2D eigenvalue weighted by atomic mass is 10.0. The molecule has 6 heteroatoms. The summed E-state index contributed by atoms with van der Waals surface area (Å²) in [6.45, 7) is 11.2. The summed E-state index contributed by atoms with van der Waals surface area (Å²) in [7, 11) is 0. The van der Waals surface area contributed by atoms with Crippen molar-refractivity contribution >= 4 is 11.8 Å². The van der Waals surface area contributed by atoms with E-state index in [1.165, 1.54) is 167 Å². The molecule has 6 nitrogen and oxygen atoms in total. The van der Waals surface area contributed by atoms with Crippen LogP contribution in [0, 0.1) is 11.3 Å². The highest BCUT2D eigenvalue weighted by Crippen LogP contribution is 2.15. The Labute approximate surface area is 319 Å². The van der Waals surface area contributed by atoms with Crippen LogP contribution in [-0.2, 0) is 9.59 Å². The van der Waals surface area contributed by atoms with E-state index in [9.17, 15) is 14.9 Å². The van der Waals surface area contributed by atoms with Gasteiger partial charge in [0.1, 0.15) is 0 Å². The maximum atomic E-state index is 12.5. The van der Waals surface area contributed by atoms with E-state index in [0.717, 1.165) is 56.3 Å². The van der Waals surface area contributed by atoms with Crippen LogP contribution in [-0.4, -0.2) is 55.6 Å². The van der Waals surface area contributed by atoms with E-state index in [0.29, 0.717) is 32.4 Å². The van der Waals surface area contributed by atoms with E-state index in [1.807, 2.05) is 0 Å². The molecule has 0 saturated carbocycles. The second-order valence-corrected chi connectivity index (χ2v) is 15.8. The van der Waals surface area contributed by atoms with Crippen LogP contribution in [0.5, 0.6) is 0 Å². The lowest BCUT2D eigenvalue weighted by Gasteiger charge is -2.37. The molecular formula is C45H89N4O2+. The number of carbonyl (C=O) groups is 2. The van der Waals surface area contributed by atoms with Gasteiger partial charge in [0.15, 0.2) is 0 Å². The minimum absolute atomic E-state index is 0.149. The Kier molecular flexibility index (Phi) is 38.3. The summed E-state index contributed by atoms with van der Waals surface area (Å²) in [6.07, 6.45) is 41.6. The molecule has 0 atom stereocenters. The third kappa shape index (κ3) is 35.2. The first kappa shape index (κ1) is 49.4. The Bertz CT molecular complexity index is 744. The maximum absolute atomic E-state index is 12.5. The van der Waals surface area contributed by atoms with Crippen molar-refractivity contribution < 1.29 is 14.1 Å². The van der Waals surface area contributed by atoms with Crippen LogP contribution in [0.2, 0.25) is 0 Å². The smallest absolute Gasteiger partial charge is 0.220 e. The molecule has 300 valence electrons. The van der Waals surface area contributed by atoms with Gasteiger partial charge < -0.3 is 15.1 Å². The summed E-state index contributed by atoms with van der Waals surface area (Å²) in [5.74, 6) is 0.298. The van der Waals surface area contributed by atoms with E-state index in [4.69, 9.17) is 0 Å². The Morgan fingerprint density at radius 1 is 0.431 bits per heavy atom. The Morgan fingerprint density at radius 2 is 0.706 bits per heavy atom. The Balaban J connectivity index is 3.88. The van der Waals surface area contributed by atoms with Crippen molar-refractivity contribution in [3.63, 3.8) is 0 Å². The van der Waals surface area contributed by atoms with Gasteiger partial charge in [0.25, 0.3) is 0 Å². The Hall–Kier alpha value is -1.61. The van der Waals surface area contributed by atoms with E-state index in [2.05, 4.69) is 37.5 Å². The molecule has 0 radical (unpaired) electrons. The van der Waals surface area contributed by atoms with Crippen LogP contribution in [0.25, 0.3) is 0 Å². The largest absolute Gasteiger partial charge is 0.350 e. The number of likely N-dealkylation sites (N-methyl/N-ethyl adjacent to an activating group) is 1. The van der Waals surface area contributed by atoms with Crippen molar-refractivity contribution in [3.8, 4) is 6.07 Å². The molecule has 0 heterocycles. The molecular weight excluding hydrogens is 629 g/mol. The molecule has 0 aliphatic rings. The number of hydrogen-bond acceptors (Lipinski definition) is 3. The molecule has 0 saturated heterocycles. The van der Waals surface area contributed by atoms with Crippen molar-refractivity contribution in [2.24, 2.45) is 0 Å². The normalized spacial score (nSPS) is 11.5. The number of hydrogen-bond donors (Lipinski definition) is 2. The highest BCUT2D eigenvalue weighted by Gasteiger charge is 2.25. The summed E-state index contributed by atoms with van der Waals surface area (Å²) < 4.78 is 0.756. The third-order valence-electron chi connectivity index (χ3n) is 11.2. The fraction of sp³-hybridized carbons (Fsp3) is 0.933. The molecule has 0 rings (SSSR count). The predicted molar refractivity (Wildman–Crippen MR) is 221 cm³/mol. The van der Waals surface area contributed by atoms with Crippen LogP contribution >= 0.6 is 0 Å². The third-order valence-corrected chi connectivity index (χ3v) is 11.2. The van der Waals surface area contributed by atoms with Crippen LogP contribution in [0.3, 0.4) is 0 Å². The standard InChI is InChI=1S/C45H88N4O2/c1-4-7-9-11-13-15-17-19-21-23-25-27-29-31-33-36-44(50)47-39-42-49(6-3,41-35-38-46)43-40-48-45(51)37-34-32-30-28-26-24-22-20-18-16-14-12-10-8-5-2/h4-37,39-43H2,1-3H3,(H-,47,48,50,51)/p+1.